The lowest BCUT2D eigenvalue weighted by Gasteiger charge is -1.93. The number of aryl methyl sites for hydroxylation is 1. The molecule has 0 atom stereocenters. The van der Waals surface area contributed by atoms with E-state index < -0.39 is 0 Å². The molecule has 0 bridgehead atoms. The van der Waals surface area contributed by atoms with Crippen LogP contribution in [0.4, 0.5) is 5.82 Å². The topological polar surface area (TPSA) is 43.8 Å². The number of nitrogen functional groups attached to an aromatic ring is 1. The number of hydrogen-bond donors (Lipinski definition) is 1. The Kier molecular flexibility index (Phi) is 1.60. The largest absolute Gasteiger partial charge is 0.384 e. The van der Waals surface area contributed by atoms with Gasteiger partial charge in [0, 0.05) is 12.6 Å². The summed E-state index contributed by atoms with van der Waals surface area (Å²) in [6, 6.07) is 0. The van der Waals surface area contributed by atoms with Gasteiger partial charge in [0.15, 0.2) is 0 Å². The number of aromatic nitrogens is 2. The van der Waals surface area contributed by atoms with Gasteiger partial charge in [-0.2, -0.15) is 5.10 Å². The monoisotopic (exact) mass is 165 g/mol. The van der Waals surface area contributed by atoms with Crippen LogP contribution in [0, 0.1) is 12.8 Å². The Balaban J connectivity index is 2.23. The van der Waals surface area contributed by atoms with Gasteiger partial charge >= 0.3 is 0 Å². The molecule has 0 radical (unpaired) electrons. The van der Waals surface area contributed by atoms with E-state index in [0.29, 0.717) is 0 Å². The van der Waals surface area contributed by atoms with Gasteiger partial charge in [-0.25, -0.2) is 0 Å². The lowest BCUT2D eigenvalue weighted by Crippen LogP contribution is -1.97. The van der Waals surface area contributed by atoms with Crippen molar-refractivity contribution in [1.82, 2.24) is 9.78 Å². The zero-order chi connectivity index (χ0) is 8.72. The second-order valence-corrected chi connectivity index (χ2v) is 3.73. The van der Waals surface area contributed by atoms with E-state index in [1.165, 1.54) is 24.1 Å². The minimum absolute atomic E-state index is 0.811. The molecule has 1 fully saturated rings. The Bertz CT molecular complexity index is 297. The molecule has 2 rings (SSSR count). The van der Waals surface area contributed by atoms with E-state index in [1.54, 1.807) is 4.68 Å². The SMILES string of the molecule is Cc1c(CC2CC2)nn(C)c1N. The Morgan fingerprint density at radius 3 is 2.67 bits per heavy atom. The van der Waals surface area contributed by atoms with Gasteiger partial charge in [-0.05, 0) is 32.1 Å². The van der Waals surface area contributed by atoms with Gasteiger partial charge in [0.1, 0.15) is 5.82 Å². The number of nitrogens with zero attached hydrogens (tertiary/aromatic N) is 2. The maximum absolute atomic E-state index is 5.80. The first-order valence-electron chi connectivity index (χ1n) is 4.46. The summed E-state index contributed by atoms with van der Waals surface area (Å²) < 4.78 is 1.77. The summed E-state index contributed by atoms with van der Waals surface area (Å²) in [5, 5.41) is 4.38. The smallest absolute Gasteiger partial charge is 0.124 e. The predicted molar refractivity (Wildman–Crippen MR) is 48.8 cm³/mol. The first-order valence-corrected chi connectivity index (χ1v) is 4.46. The molecule has 1 heterocycles. The van der Waals surface area contributed by atoms with Crippen molar-refractivity contribution in [1.29, 1.82) is 0 Å². The molecule has 0 spiro atoms. The molecule has 12 heavy (non-hydrogen) atoms. The van der Waals surface area contributed by atoms with Crippen LogP contribution in [-0.2, 0) is 13.5 Å². The Labute approximate surface area is 72.6 Å². The van der Waals surface area contributed by atoms with Crippen molar-refractivity contribution in [3.8, 4) is 0 Å². The maximum Gasteiger partial charge on any atom is 0.124 e. The molecule has 1 aromatic heterocycles. The second-order valence-electron chi connectivity index (χ2n) is 3.73. The Morgan fingerprint density at radius 2 is 2.25 bits per heavy atom. The van der Waals surface area contributed by atoms with Crippen LogP contribution < -0.4 is 5.73 Å². The molecular formula is C9H15N3. The van der Waals surface area contributed by atoms with Crippen molar-refractivity contribution in [3.63, 3.8) is 0 Å². The van der Waals surface area contributed by atoms with Crippen molar-refractivity contribution in [2.75, 3.05) is 5.73 Å². The third-order valence-electron chi connectivity index (χ3n) is 2.62. The first kappa shape index (κ1) is 7.65. The van der Waals surface area contributed by atoms with E-state index >= 15 is 0 Å². The molecule has 3 nitrogen and oxygen atoms in total. The van der Waals surface area contributed by atoms with E-state index in [4.69, 9.17) is 5.73 Å². The second kappa shape index (κ2) is 2.51. The number of rotatable bonds is 2. The van der Waals surface area contributed by atoms with Crippen molar-refractivity contribution in [2.45, 2.75) is 26.2 Å². The fourth-order valence-corrected chi connectivity index (χ4v) is 1.49. The first-order chi connectivity index (χ1) is 5.68. The molecule has 0 amide bonds. The highest BCUT2D eigenvalue weighted by atomic mass is 15.3. The molecule has 66 valence electrons. The standard InChI is InChI=1S/C9H15N3/c1-6-8(5-7-3-4-7)11-12(2)9(6)10/h7H,3-5,10H2,1-2H3. The average Bonchev–Trinajstić information content (AvgIpc) is 2.80. The Morgan fingerprint density at radius 1 is 1.58 bits per heavy atom. The third kappa shape index (κ3) is 1.19. The summed E-state index contributed by atoms with van der Waals surface area (Å²) in [6.07, 6.45) is 3.86. The van der Waals surface area contributed by atoms with Crippen LogP contribution in [0.15, 0.2) is 0 Å². The van der Waals surface area contributed by atoms with Gasteiger partial charge < -0.3 is 5.73 Å². The molecule has 1 aliphatic rings. The van der Waals surface area contributed by atoms with Gasteiger partial charge in [-0.3, -0.25) is 4.68 Å². The van der Waals surface area contributed by atoms with Crippen LogP contribution in [-0.4, -0.2) is 9.78 Å². The molecule has 1 aliphatic carbocycles. The molecule has 2 N–H and O–H groups in total. The minimum Gasteiger partial charge on any atom is -0.384 e. The number of nitrogens with two attached hydrogens (primary N) is 1. The van der Waals surface area contributed by atoms with Crippen molar-refractivity contribution in [2.24, 2.45) is 13.0 Å². The van der Waals surface area contributed by atoms with E-state index in [0.717, 1.165) is 18.2 Å². The normalized spacial score (nSPS) is 16.8. The van der Waals surface area contributed by atoms with E-state index in [1.807, 2.05) is 7.05 Å². The summed E-state index contributed by atoms with van der Waals surface area (Å²) >= 11 is 0. The molecule has 0 saturated heterocycles. The van der Waals surface area contributed by atoms with Crippen molar-refractivity contribution < 1.29 is 0 Å². The quantitative estimate of drug-likeness (QED) is 0.717. The van der Waals surface area contributed by atoms with Gasteiger partial charge in [0.25, 0.3) is 0 Å². The summed E-state index contributed by atoms with van der Waals surface area (Å²) in [6.45, 7) is 2.06. The van der Waals surface area contributed by atoms with Gasteiger partial charge in [0.05, 0.1) is 5.69 Å². The van der Waals surface area contributed by atoms with E-state index in [9.17, 15) is 0 Å². The molecule has 0 aromatic carbocycles. The van der Waals surface area contributed by atoms with Crippen LogP contribution in [0.1, 0.15) is 24.1 Å². The lowest BCUT2D eigenvalue weighted by molar-refractivity contribution is 0.721. The predicted octanol–water partition coefficient (Wildman–Crippen LogP) is 1.26. The van der Waals surface area contributed by atoms with E-state index in [2.05, 4.69) is 12.0 Å². The molecule has 0 aliphatic heterocycles. The van der Waals surface area contributed by atoms with Crippen LogP contribution in [0.5, 0.6) is 0 Å². The summed E-state index contributed by atoms with van der Waals surface area (Å²) in [5.41, 5.74) is 8.16. The summed E-state index contributed by atoms with van der Waals surface area (Å²) in [7, 11) is 1.90. The zero-order valence-electron chi connectivity index (χ0n) is 7.67. The van der Waals surface area contributed by atoms with Crippen LogP contribution >= 0.6 is 0 Å². The molecule has 1 aromatic rings. The fourth-order valence-electron chi connectivity index (χ4n) is 1.49. The fraction of sp³-hybridized carbons (Fsp3) is 0.667. The van der Waals surface area contributed by atoms with Crippen LogP contribution in [0.25, 0.3) is 0 Å². The van der Waals surface area contributed by atoms with Crippen LogP contribution in [0.2, 0.25) is 0 Å². The van der Waals surface area contributed by atoms with Gasteiger partial charge in [-0.15, -0.1) is 0 Å². The van der Waals surface area contributed by atoms with Crippen molar-refractivity contribution >= 4 is 5.82 Å². The maximum atomic E-state index is 5.80. The van der Waals surface area contributed by atoms with Crippen molar-refractivity contribution in [3.05, 3.63) is 11.3 Å². The van der Waals surface area contributed by atoms with Crippen LogP contribution in [0.3, 0.4) is 0 Å². The number of hydrogen-bond acceptors (Lipinski definition) is 2. The highest BCUT2D eigenvalue weighted by Crippen LogP contribution is 2.33. The molecule has 0 unspecified atom stereocenters. The van der Waals surface area contributed by atoms with Gasteiger partial charge in [-0.1, -0.05) is 0 Å². The number of anilines is 1. The lowest BCUT2D eigenvalue weighted by atomic mass is 10.1. The van der Waals surface area contributed by atoms with E-state index in [-0.39, 0.29) is 0 Å². The third-order valence-corrected chi connectivity index (χ3v) is 2.62. The summed E-state index contributed by atoms with van der Waals surface area (Å²) in [4.78, 5) is 0. The van der Waals surface area contributed by atoms with Gasteiger partial charge in [0.2, 0.25) is 0 Å². The zero-order valence-corrected chi connectivity index (χ0v) is 7.67. The molecule has 1 saturated carbocycles. The minimum atomic E-state index is 0.811. The molecule has 3 heteroatoms. The highest BCUT2D eigenvalue weighted by Gasteiger charge is 2.24. The highest BCUT2D eigenvalue weighted by molar-refractivity contribution is 5.42. The molecular weight excluding hydrogens is 150 g/mol. The average molecular weight is 165 g/mol. The Hall–Kier alpha value is -0.990. The summed E-state index contributed by atoms with van der Waals surface area (Å²) in [5.74, 6) is 1.70.